The summed E-state index contributed by atoms with van der Waals surface area (Å²) >= 11 is 1.00. The number of rotatable bonds is 7. The molecule has 12 heteroatoms. The topological polar surface area (TPSA) is 181 Å². The number of benzene rings is 2. The minimum absolute atomic E-state index is 0.0216. The van der Waals surface area contributed by atoms with Gasteiger partial charge >= 0.3 is 0 Å². The van der Waals surface area contributed by atoms with Crippen molar-refractivity contribution in [2.24, 2.45) is 16.5 Å². The molecule has 1 aromatic heterocycles. The molecular formula is C27H31N7O4S. The zero-order valence-corrected chi connectivity index (χ0v) is 22.7. The van der Waals surface area contributed by atoms with Gasteiger partial charge in [0.2, 0.25) is 17.8 Å². The number of amides is 2. The maximum Gasteiger partial charge on any atom is 0.286 e. The molecule has 0 saturated carbocycles. The number of thioether (sulfide) groups is 1. The Balaban J connectivity index is 0.000000403. The molecular weight excluding hydrogens is 518 g/mol. The lowest BCUT2D eigenvalue weighted by molar-refractivity contribution is -0.118. The van der Waals surface area contributed by atoms with Crippen LogP contribution in [0.3, 0.4) is 0 Å². The summed E-state index contributed by atoms with van der Waals surface area (Å²) in [7, 11) is 3.38. The van der Waals surface area contributed by atoms with Crippen molar-refractivity contribution in [3.05, 3.63) is 77.2 Å². The number of hydrogen-bond donors (Lipinski definition) is 4. The van der Waals surface area contributed by atoms with Crippen molar-refractivity contribution in [1.82, 2.24) is 15.2 Å². The number of Topliss-reactive ketones (excluding diaryl/α,β-unsaturated/α-hetero) is 1. The summed E-state index contributed by atoms with van der Waals surface area (Å²) in [6, 6.07) is 16.9. The molecule has 1 aliphatic rings. The average molecular weight is 550 g/mol. The third kappa shape index (κ3) is 8.54. The highest BCUT2D eigenvalue weighted by atomic mass is 32.2. The highest BCUT2D eigenvalue weighted by molar-refractivity contribution is 8.15. The quantitative estimate of drug-likeness (QED) is 0.195. The summed E-state index contributed by atoms with van der Waals surface area (Å²) < 4.78 is 5.75. The van der Waals surface area contributed by atoms with Crippen LogP contribution >= 0.6 is 11.8 Å². The van der Waals surface area contributed by atoms with Crippen molar-refractivity contribution >= 4 is 40.6 Å². The van der Waals surface area contributed by atoms with Gasteiger partial charge in [0.1, 0.15) is 5.76 Å². The van der Waals surface area contributed by atoms with E-state index in [1.807, 2.05) is 49.4 Å². The van der Waals surface area contributed by atoms with Crippen molar-refractivity contribution in [3.63, 3.8) is 0 Å². The highest BCUT2D eigenvalue weighted by Gasteiger charge is 2.31. The van der Waals surface area contributed by atoms with Crippen LogP contribution in [0.15, 0.2) is 64.0 Å². The van der Waals surface area contributed by atoms with E-state index in [0.29, 0.717) is 30.7 Å². The van der Waals surface area contributed by atoms with Crippen molar-refractivity contribution < 1.29 is 18.8 Å². The molecule has 2 aromatic carbocycles. The number of hydrogen-bond acceptors (Lipinski definition) is 7. The lowest BCUT2D eigenvalue weighted by Crippen LogP contribution is -2.28. The van der Waals surface area contributed by atoms with Gasteiger partial charge in [0, 0.05) is 38.1 Å². The van der Waals surface area contributed by atoms with E-state index in [2.05, 4.69) is 15.3 Å². The van der Waals surface area contributed by atoms with Crippen molar-refractivity contribution in [1.29, 1.82) is 5.41 Å². The van der Waals surface area contributed by atoms with E-state index >= 15 is 0 Å². The molecule has 1 unspecified atom stereocenters. The van der Waals surface area contributed by atoms with Crippen LogP contribution < -0.4 is 16.8 Å². The first-order valence-electron chi connectivity index (χ1n) is 12.0. The molecule has 6 N–H and O–H groups in total. The molecule has 1 fully saturated rings. The number of nitrogens with zero attached hydrogens (tertiary/aromatic N) is 3. The maximum absolute atomic E-state index is 12.6. The summed E-state index contributed by atoms with van der Waals surface area (Å²) in [5.41, 5.74) is 13.2. The first-order chi connectivity index (χ1) is 18.5. The zero-order valence-electron chi connectivity index (χ0n) is 21.9. The first kappa shape index (κ1) is 29.1. The van der Waals surface area contributed by atoms with Gasteiger partial charge in [-0.3, -0.25) is 25.1 Å². The number of nitrogens with one attached hydrogen (secondary N) is 2. The molecule has 0 radical (unpaired) electrons. The Kier molecular flexibility index (Phi) is 9.98. The number of aliphatic imine (C=N–C) groups is 1. The Labute approximate surface area is 230 Å². The van der Waals surface area contributed by atoms with Crippen LogP contribution in [0, 0.1) is 12.3 Å². The Bertz CT molecular complexity index is 1360. The second-order valence-electron chi connectivity index (χ2n) is 8.85. The largest absolute Gasteiger partial charge is 0.441 e. The number of ketones is 1. The van der Waals surface area contributed by atoms with Crippen LogP contribution in [0.25, 0.3) is 11.5 Å². The molecule has 2 amide bonds. The minimum atomic E-state index is -0.409. The van der Waals surface area contributed by atoms with Gasteiger partial charge in [0.05, 0.1) is 10.9 Å². The number of imide groups is 1. The molecule has 204 valence electrons. The van der Waals surface area contributed by atoms with Crippen LogP contribution in [-0.2, 0) is 17.6 Å². The van der Waals surface area contributed by atoms with E-state index < -0.39 is 5.25 Å². The summed E-state index contributed by atoms with van der Waals surface area (Å²) in [5, 5.41) is 8.62. The van der Waals surface area contributed by atoms with Gasteiger partial charge in [-0.1, -0.05) is 54.2 Å². The average Bonchev–Trinajstić information content (AvgIpc) is 3.43. The monoisotopic (exact) mass is 549 g/mol. The summed E-state index contributed by atoms with van der Waals surface area (Å²) in [6.45, 7) is 1.86. The molecule has 4 rings (SSSR count). The fourth-order valence-electron chi connectivity index (χ4n) is 3.53. The van der Waals surface area contributed by atoms with E-state index in [9.17, 15) is 14.4 Å². The fourth-order valence-corrected chi connectivity index (χ4v) is 4.39. The summed E-state index contributed by atoms with van der Waals surface area (Å²) in [4.78, 5) is 45.0. The Morgan fingerprint density at radius 3 is 2.33 bits per heavy atom. The van der Waals surface area contributed by atoms with Crippen LogP contribution in [0.1, 0.15) is 33.8 Å². The Hall–Kier alpha value is -4.45. The molecule has 11 nitrogen and oxygen atoms in total. The Morgan fingerprint density at radius 2 is 1.79 bits per heavy atom. The summed E-state index contributed by atoms with van der Waals surface area (Å²) in [6.07, 6.45) is 1.29. The number of aryl methyl sites for hydroxylation is 2. The molecule has 3 aromatic rings. The van der Waals surface area contributed by atoms with Crippen molar-refractivity contribution in [2.45, 2.75) is 31.4 Å². The van der Waals surface area contributed by atoms with Gasteiger partial charge in [0.15, 0.2) is 11.7 Å². The number of carbonyl (C=O) groups excluding carboxylic acids is 3. The lowest BCUT2D eigenvalue weighted by Gasteiger charge is -2.07. The standard InChI is InChI=1S/C23H20N2O4S.C4H11N5/c1-14-18(24-22(29-14)17-5-3-2-4-6-17)11-12-19(26)16-9-7-15(8-10-16)13-20-21(27)25-23(28)30-20;1-9(2)4(7)8-3(5)6/h2-10,20H,11-13H2,1H3,(H,25,27,28);1-2H3,(H5,5,6,7,8). The summed E-state index contributed by atoms with van der Waals surface area (Å²) in [5.74, 6) is 1.01. The predicted molar refractivity (Wildman–Crippen MR) is 152 cm³/mol. The third-order valence-corrected chi connectivity index (χ3v) is 6.61. The van der Waals surface area contributed by atoms with Gasteiger partial charge in [-0.15, -0.1) is 0 Å². The molecule has 1 atom stereocenters. The molecule has 2 heterocycles. The highest BCUT2D eigenvalue weighted by Crippen LogP contribution is 2.24. The molecule has 0 aliphatic carbocycles. The Morgan fingerprint density at radius 1 is 1.13 bits per heavy atom. The normalized spacial score (nSPS) is 14.2. The number of aromatic nitrogens is 1. The lowest BCUT2D eigenvalue weighted by atomic mass is 10.0. The number of oxazole rings is 1. The number of carbonyl (C=O) groups is 3. The van der Waals surface area contributed by atoms with Gasteiger partial charge in [-0.25, -0.2) is 4.98 Å². The SMILES string of the molecule is CN(C)C(=N)N=C(N)N.Cc1oc(-c2ccccc2)nc1CCC(=O)c1ccc(CC2SC(=O)NC2=O)cc1. The molecule has 1 saturated heterocycles. The molecule has 0 spiro atoms. The van der Waals surface area contributed by atoms with Crippen molar-refractivity contribution in [3.8, 4) is 11.5 Å². The van der Waals surface area contributed by atoms with Crippen LogP contribution in [0.5, 0.6) is 0 Å². The van der Waals surface area contributed by atoms with Crippen LogP contribution in [0.4, 0.5) is 4.79 Å². The third-order valence-electron chi connectivity index (χ3n) is 5.62. The maximum atomic E-state index is 12.6. The second kappa shape index (κ2) is 13.4. The van der Waals surface area contributed by atoms with E-state index in [-0.39, 0.29) is 28.8 Å². The van der Waals surface area contributed by atoms with Crippen molar-refractivity contribution in [2.75, 3.05) is 14.1 Å². The molecule has 1 aliphatic heterocycles. The second-order valence-corrected chi connectivity index (χ2v) is 10.0. The van der Waals surface area contributed by atoms with Gasteiger partial charge in [-0.2, -0.15) is 4.99 Å². The van der Waals surface area contributed by atoms with Gasteiger partial charge in [0.25, 0.3) is 5.24 Å². The van der Waals surface area contributed by atoms with Gasteiger partial charge in [-0.05, 0) is 31.0 Å². The van der Waals surface area contributed by atoms with E-state index in [1.165, 1.54) is 4.90 Å². The predicted octanol–water partition coefficient (Wildman–Crippen LogP) is 3.12. The first-order valence-corrected chi connectivity index (χ1v) is 12.9. The van der Waals surface area contributed by atoms with E-state index in [1.54, 1.807) is 26.2 Å². The van der Waals surface area contributed by atoms with Gasteiger partial charge < -0.3 is 20.8 Å². The van der Waals surface area contributed by atoms with Crippen LogP contribution in [0.2, 0.25) is 0 Å². The number of guanidine groups is 2. The zero-order chi connectivity index (χ0) is 28.5. The van der Waals surface area contributed by atoms with E-state index in [4.69, 9.17) is 21.3 Å². The smallest absolute Gasteiger partial charge is 0.286 e. The van der Waals surface area contributed by atoms with Crippen LogP contribution in [-0.4, -0.2) is 58.1 Å². The molecule has 39 heavy (non-hydrogen) atoms. The number of nitrogens with two attached hydrogens (primary N) is 2. The minimum Gasteiger partial charge on any atom is -0.441 e. The van der Waals surface area contributed by atoms with E-state index in [0.717, 1.165) is 34.3 Å². The molecule has 0 bridgehead atoms. The fraction of sp³-hybridized carbons (Fsp3) is 0.259.